The number of allylic oxidation sites excluding steroid dienone is 1. The van der Waals surface area contributed by atoms with Gasteiger partial charge in [-0.15, -0.1) is 11.3 Å². The van der Waals surface area contributed by atoms with Crippen molar-refractivity contribution in [2.24, 2.45) is 29.1 Å². The van der Waals surface area contributed by atoms with Crippen LogP contribution in [0.3, 0.4) is 0 Å². The van der Waals surface area contributed by atoms with Gasteiger partial charge >= 0.3 is 0 Å². The van der Waals surface area contributed by atoms with Crippen molar-refractivity contribution in [3.05, 3.63) is 28.2 Å². The van der Waals surface area contributed by atoms with Crippen LogP contribution in [0, 0.1) is 29.1 Å². The normalized spacial score (nSPS) is 33.6. The lowest BCUT2D eigenvalue weighted by atomic mass is 9.52. The summed E-state index contributed by atoms with van der Waals surface area (Å²) in [4.78, 5) is 5.38. The van der Waals surface area contributed by atoms with Crippen LogP contribution in [0.25, 0.3) is 0 Å². The molecule has 0 radical (unpaired) electrons. The van der Waals surface area contributed by atoms with Crippen LogP contribution >= 0.6 is 11.3 Å². The van der Waals surface area contributed by atoms with Crippen molar-refractivity contribution in [2.45, 2.75) is 73.0 Å². The number of aromatic nitrogens is 1. The number of nitrogens with zero attached hydrogens (tertiary/aromatic N) is 1. The first-order chi connectivity index (χ1) is 11.4. The SMILES string of the molecule is CC(C)C1CC=C2C[C@@H](OCc3cncs3)CC[C@]2(C)C1C(C)C. The fraction of sp³-hybridized carbons (Fsp3) is 0.762. The second kappa shape index (κ2) is 7.29. The topological polar surface area (TPSA) is 22.1 Å². The largest absolute Gasteiger partial charge is 0.372 e. The van der Waals surface area contributed by atoms with Crippen molar-refractivity contribution < 1.29 is 4.74 Å². The van der Waals surface area contributed by atoms with Crippen LogP contribution in [0.4, 0.5) is 0 Å². The highest BCUT2D eigenvalue weighted by atomic mass is 32.1. The molecule has 0 amide bonds. The highest BCUT2D eigenvalue weighted by Gasteiger charge is 2.48. The molecule has 1 aromatic heterocycles. The Labute approximate surface area is 151 Å². The van der Waals surface area contributed by atoms with Crippen molar-refractivity contribution in [1.29, 1.82) is 0 Å². The molecule has 0 aromatic carbocycles. The Morgan fingerprint density at radius 3 is 2.71 bits per heavy atom. The number of rotatable bonds is 5. The van der Waals surface area contributed by atoms with Gasteiger partial charge in [0.05, 0.1) is 23.1 Å². The van der Waals surface area contributed by atoms with E-state index in [9.17, 15) is 0 Å². The summed E-state index contributed by atoms with van der Waals surface area (Å²) in [6.07, 6.45) is 9.75. The van der Waals surface area contributed by atoms with Crippen molar-refractivity contribution in [3.8, 4) is 0 Å². The minimum absolute atomic E-state index is 0.381. The summed E-state index contributed by atoms with van der Waals surface area (Å²) in [5.41, 5.74) is 3.95. The Hall–Kier alpha value is -0.670. The van der Waals surface area contributed by atoms with Gasteiger partial charge in [0.15, 0.2) is 0 Å². The standard InChI is InChI=1S/C21H33NOS/c1-14(2)19-7-6-16-10-17(23-12-18-11-22-13-24-18)8-9-21(16,5)20(19)15(3)4/h6,11,13-15,17,19-20H,7-10,12H2,1-5H3/t17-,19?,20?,21-/m0/s1. The predicted octanol–water partition coefficient (Wildman–Crippen LogP) is 6.09. The van der Waals surface area contributed by atoms with Crippen LogP contribution in [-0.2, 0) is 11.3 Å². The molecule has 3 heteroatoms. The lowest BCUT2D eigenvalue weighted by Crippen LogP contribution is -2.46. The molecule has 1 aromatic rings. The Kier molecular flexibility index (Phi) is 5.51. The van der Waals surface area contributed by atoms with Gasteiger partial charge in [-0.05, 0) is 54.8 Å². The monoisotopic (exact) mass is 347 g/mol. The molecular formula is C21H33NOS. The highest BCUT2D eigenvalue weighted by Crippen LogP contribution is 2.56. The van der Waals surface area contributed by atoms with E-state index in [1.807, 2.05) is 11.7 Å². The van der Waals surface area contributed by atoms with Gasteiger partial charge in [0, 0.05) is 6.20 Å². The van der Waals surface area contributed by atoms with Gasteiger partial charge in [0.1, 0.15) is 0 Å². The molecular weight excluding hydrogens is 314 g/mol. The van der Waals surface area contributed by atoms with E-state index in [4.69, 9.17) is 4.74 Å². The zero-order valence-corrected chi connectivity index (χ0v) is 16.7. The molecule has 134 valence electrons. The minimum Gasteiger partial charge on any atom is -0.372 e. The second-order valence-electron chi connectivity index (χ2n) is 8.70. The van der Waals surface area contributed by atoms with E-state index in [-0.39, 0.29) is 0 Å². The third-order valence-electron chi connectivity index (χ3n) is 6.52. The quantitative estimate of drug-likeness (QED) is 0.601. The molecule has 1 heterocycles. The zero-order valence-electron chi connectivity index (χ0n) is 15.9. The number of fused-ring (bicyclic) bond motifs is 1. The maximum absolute atomic E-state index is 6.22. The third kappa shape index (κ3) is 3.48. The van der Waals surface area contributed by atoms with Gasteiger partial charge in [-0.25, -0.2) is 0 Å². The smallest absolute Gasteiger partial charge is 0.0829 e. The predicted molar refractivity (Wildman–Crippen MR) is 102 cm³/mol. The number of thiazole rings is 1. The van der Waals surface area contributed by atoms with E-state index < -0.39 is 0 Å². The molecule has 0 spiro atoms. The fourth-order valence-electron chi connectivity index (χ4n) is 5.37. The fourth-order valence-corrected chi connectivity index (χ4v) is 5.88. The van der Waals surface area contributed by atoms with E-state index in [0.717, 1.165) is 36.7 Å². The van der Waals surface area contributed by atoms with Crippen LogP contribution in [0.15, 0.2) is 23.4 Å². The molecule has 2 unspecified atom stereocenters. The number of hydrogen-bond donors (Lipinski definition) is 0. The van der Waals surface area contributed by atoms with E-state index >= 15 is 0 Å². The molecule has 24 heavy (non-hydrogen) atoms. The van der Waals surface area contributed by atoms with E-state index in [1.54, 1.807) is 16.9 Å². The van der Waals surface area contributed by atoms with Gasteiger partial charge in [-0.3, -0.25) is 4.98 Å². The Morgan fingerprint density at radius 2 is 2.08 bits per heavy atom. The summed E-state index contributed by atoms with van der Waals surface area (Å²) in [5.74, 6) is 3.15. The maximum Gasteiger partial charge on any atom is 0.0829 e. The third-order valence-corrected chi connectivity index (χ3v) is 7.27. The molecule has 2 aliphatic carbocycles. The van der Waals surface area contributed by atoms with Crippen molar-refractivity contribution >= 4 is 11.3 Å². The first-order valence-corrected chi connectivity index (χ1v) is 10.5. The van der Waals surface area contributed by atoms with Crippen molar-refractivity contribution in [2.75, 3.05) is 0 Å². The molecule has 2 nitrogen and oxygen atoms in total. The summed E-state index contributed by atoms with van der Waals surface area (Å²) >= 11 is 1.69. The summed E-state index contributed by atoms with van der Waals surface area (Å²) < 4.78 is 6.22. The summed E-state index contributed by atoms with van der Waals surface area (Å²) in [6.45, 7) is 12.9. The molecule has 2 aliphatic rings. The highest BCUT2D eigenvalue weighted by molar-refractivity contribution is 7.09. The van der Waals surface area contributed by atoms with Gasteiger partial charge in [-0.2, -0.15) is 0 Å². The van der Waals surface area contributed by atoms with Crippen LogP contribution in [0.5, 0.6) is 0 Å². The van der Waals surface area contributed by atoms with Gasteiger partial charge in [0.25, 0.3) is 0 Å². The Morgan fingerprint density at radius 1 is 1.29 bits per heavy atom. The molecule has 3 rings (SSSR count). The molecule has 0 N–H and O–H groups in total. The minimum atomic E-state index is 0.381. The first kappa shape index (κ1) is 18.1. The lowest BCUT2D eigenvalue weighted by molar-refractivity contribution is -0.0224. The number of hydrogen-bond acceptors (Lipinski definition) is 3. The molecule has 0 saturated heterocycles. The molecule has 1 fully saturated rings. The van der Waals surface area contributed by atoms with Crippen molar-refractivity contribution in [3.63, 3.8) is 0 Å². The average Bonchev–Trinajstić information content (AvgIpc) is 3.04. The first-order valence-electron chi connectivity index (χ1n) is 9.60. The van der Waals surface area contributed by atoms with E-state index in [0.29, 0.717) is 11.5 Å². The van der Waals surface area contributed by atoms with Gasteiger partial charge in [-0.1, -0.05) is 46.3 Å². The second-order valence-corrected chi connectivity index (χ2v) is 9.67. The average molecular weight is 348 g/mol. The van der Waals surface area contributed by atoms with Crippen molar-refractivity contribution in [1.82, 2.24) is 4.98 Å². The number of ether oxygens (including phenoxy) is 1. The molecule has 0 aliphatic heterocycles. The lowest BCUT2D eigenvalue weighted by Gasteiger charge is -2.53. The maximum atomic E-state index is 6.22. The van der Waals surface area contributed by atoms with Gasteiger partial charge in [0.2, 0.25) is 0 Å². The van der Waals surface area contributed by atoms with E-state index in [2.05, 4.69) is 45.7 Å². The molecule has 1 saturated carbocycles. The van der Waals surface area contributed by atoms with Crippen LogP contribution in [0.2, 0.25) is 0 Å². The van der Waals surface area contributed by atoms with E-state index in [1.165, 1.54) is 24.1 Å². The summed E-state index contributed by atoms with van der Waals surface area (Å²) in [6, 6.07) is 0. The molecule has 0 bridgehead atoms. The summed E-state index contributed by atoms with van der Waals surface area (Å²) in [5, 5.41) is 0. The van der Waals surface area contributed by atoms with Gasteiger partial charge < -0.3 is 4.74 Å². The molecule has 4 atom stereocenters. The summed E-state index contributed by atoms with van der Waals surface area (Å²) in [7, 11) is 0. The van der Waals surface area contributed by atoms with Crippen LogP contribution in [0.1, 0.15) is 65.2 Å². The zero-order chi connectivity index (χ0) is 17.3. The van der Waals surface area contributed by atoms with Crippen LogP contribution < -0.4 is 0 Å². The van der Waals surface area contributed by atoms with Crippen LogP contribution in [-0.4, -0.2) is 11.1 Å². The Bertz CT molecular complexity index is 562. The Balaban J connectivity index is 1.72.